The van der Waals surface area contributed by atoms with E-state index in [1.807, 2.05) is 0 Å². The Morgan fingerprint density at radius 2 is 1.68 bits per heavy atom. The molecular weight excluding hydrogens is 280 g/mol. The van der Waals surface area contributed by atoms with E-state index in [0.717, 1.165) is 6.42 Å². The van der Waals surface area contributed by atoms with E-state index in [1.54, 1.807) is 10.4 Å². The number of unbranched alkanes of at least 4 members (excludes halogenated alkanes) is 1. The molecule has 0 aliphatic rings. The molecular formula is C21H29Si. The summed E-state index contributed by atoms with van der Waals surface area (Å²) in [7, 11) is -0.648. The summed E-state index contributed by atoms with van der Waals surface area (Å²) in [5.74, 6) is 0. The first-order valence-electron chi connectivity index (χ1n) is 8.75. The molecule has 0 unspecified atom stereocenters. The van der Waals surface area contributed by atoms with Gasteiger partial charge < -0.3 is 0 Å². The average molecular weight is 310 g/mol. The summed E-state index contributed by atoms with van der Waals surface area (Å²) in [6.07, 6.45) is 4.92. The summed E-state index contributed by atoms with van der Waals surface area (Å²) in [5, 5.41) is 3.22. The number of hydrogen-bond acceptors (Lipinski definition) is 0. The lowest BCUT2D eigenvalue weighted by Crippen LogP contribution is -2.44. The van der Waals surface area contributed by atoms with Gasteiger partial charge >= 0.3 is 0 Å². The first-order chi connectivity index (χ1) is 10.7. The lowest BCUT2D eigenvalue weighted by Gasteiger charge is -2.20. The van der Waals surface area contributed by atoms with Gasteiger partial charge in [0.1, 0.15) is 8.80 Å². The zero-order valence-corrected chi connectivity index (χ0v) is 15.6. The van der Waals surface area contributed by atoms with Crippen molar-refractivity contribution in [3.63, 3.8) is 0 Å². The molecule has 0 aliphatic heterocycles. The van der Waals surface area contributed by atoms with Gasteiger partial charge in [-0.15, -0.1) is 0 Å². The van der Waals surface area contributed by atoms with Crippen molar-refractivity contribution in [2.45, 2.75) is 59.4 Å². The fourth-order valence-corrected chi connectivity index (χ4v) is 6.08. The van der Waals surface area contributed by atoms with Crippen LogP contribution in [0.4, 0.5) is 0 Å². The predicted molar refractivity (Wildman–Crippen MR) is 101 cm³/mol. The van der Waals surface area contributed by atoms with Crippen LogP contribution in [0.1, 0.15) is 50.3 Å². The van der Waals surface area contributed by atoms with Gasteiger partial charge in [0, 0.05) is 0 Å². The van der Waals surface area contributed by atoms with Gasteiger partial charge in [-0.05, 0) is 37.3 Å². The maximum atomic E-state index is 2.43. The largest absolute Gasteiger partial charge is 0.121 e. The Balaban J connectivity index is 2.35. The molecule has 0 saturated heterocycles. The highest BCUT2D eigenvalue weighted by Gasteiger charge is 2.19. The van der Waals surface area contributed by atoms with Gasteiger partial charge in [0.15, 0.2) is 0 Å². The molecule has 1 heteroatoms. The second-order valence-electron chi connectivity index (χ2n) is 6.10. The third-order valence-corrected chi connectivity index (χ3v) is 7.57. The van der Waals surface area contributed by atoms with Gasteiger partial charge in [0.05, 0.1) is 0 Å². The average Bonchev–Trinajstić information content (AvgIpc) is 2.55. The molecule has 0 heterocycles. The summed E-state index contributed by atoms with van der Waals surface area (Å²) in [4.78, 5) is 0. The highest BCUT2D eigenvalue weighted by molar-refractivity contribution is 6.85. The lowest BCUT2D eigenvalue weighted by molar-refractivity contribution is 0.795. The van der Waals surface area contributed by atoms with Crippen LogP contribution in [0.2, 0.25) is 6.04 Å². The van der Waals surface area contributed by atoms with Crippen molar-refractivity contribution in [2.24, 2.45) is 0 Å². The smallest absolute Gasteiger partial charge is 0.0673 e. The third kappa shape index (κ3) is 3.89. The number of aryl methyl sites for hydroxylation is 3. The van der Waals surface area contributed by atoms with Crippen LogP contribution in [0.15, 0.2) is 42.5 Å². The molecule has 22 heavy (non-hydrogen) atoms. The van der Waals surface area contributed by atoms with Crippen LogP contribution >= 0.6 is 0 Å². The van der Waals surface area contributed by atoms with Gasteiger partial charge in [-0.1, -0.05) is 91.6 Å². The van der Waals surface area contributed by atoms with Gasteiger partial charge in [-0.3, -0.25) is 0 Å². The molecule has 0 spiro atoms. The van der Waals surface area contributed by atoms with E-state index in [0.29, 0.717) is 0 Å². The van der Waals surface area contributed by atoms with Crippen molar-refractivity contribution in [1.29, 1.82) is 0 Å². The van der Waals surface area contributed by atoms with Crippen molar-refractivity contribution in [3.8, 4) is 0 Å². The maximum Gasteiger partial charge on any atom is 0.121 e. The fraction of sp³-hybridized carbons (Fsp3) is 0.429. The molecule has 0 fully saturated rings. The maximum absolute atomic E-state index is 2.43. The fourth-order valence-electron chi connectivity index (χ4n) is 3.25. The van der Waals surface area contributed by atoms with E-state index < -0.39 is 8.80 Å². The topological polar surface area (TPSA) is 0 Å². The Labute approximate surface area is 138 Å². The number of hydrogen-bond donors (Lipinski definition) is 0. The zero-order chi connectivity index (χ0) is 15.9. The molecule has 0 amide bonds. The van der Waals surface area contributed by atoms with Crippen LogP contribution in [0.3, 0.4) is 0 Å². The first-order valence-corrected chi connectivity index (χ1v) is 10.5. The third-order valence-electron chi connectivity index (χ3n) is 4.51. The zero-order valence-electron chi connectivity index (χ0n) is 14.6. The Morgan fingerprint density at radius 3 is 2.32 bits per heavy atom. The second kappa shape index (κ2) is 8.33. The summed E-state index contributed by atoms with van der Waals surface area (Å²) in [6, 6.07) is 17.5. The van der Waals surface area contributed by atoms with Gasteiger partial charge in [0.2, 0.25) is 0 Å². The van der Waals surface area contributed by atoms with Gasteiger partial charge in [0.25, 0.3) is 0 Å². The normalized spacial score (nSPS) is 11.1. The van der Waals surface area contributed by atoms with Gasteiger partial charge in [-0.2, -0.15) is 0 Å². The van der Waals surface area contributed by atoms with Crippen LogP contribution in [0.5, 0.6) is 0 Å². The minimum atomic E-state index is -0.648. The van der Waals surface area contributed by atoms with E-state index in [9.17, 15) is 0 Å². The molecule has 117 valence electrons. The Bertz CT molecular complexity index is 601. The molecule has 0 aromatic heterocycles. The highest BCUT2D eigenvalue weighted by Crippen LogP contribution is 2.10. The molecule has 2 aromatic carbocycles. The number of rotatable bonds is 7. The number of benzene rings is 2. The van der Waals surface area contributed by atoms with E-state index in [2.05, 4.69) is 70.2 Å². The molecule has 0 nitrogen and oxygen atoms in total. The monoisotopic (exact) mass is 309 g/mol. The summed E-state index contributed by atoms with van der Waals surface area (Å²) in [6.45, 7) is 9.20. The molecule has 1 radical (unpaired) electrons. The van der Waals surface area contributed by atoms with E-state index >= 15 is 0 Å². The van der Waals surface area contributed by atoms with Crippen molar-refractivity contribution in [1.82, 2.24) is 0 Å². The van der Waals surface area contributed by atoms with E-state index in [-0.39, 0.29) is 0 Å². The Morgan fingerprint density at radius 1 is 0.909 bits per heavy atom. The lowest BCUT2D eigenvalue weighted by atomic mass is 10.1. The standard InChI is InChI=1S/C21H29Si/c1-5-8-11-18-14-15-20(17(4)16-18)22(7-3)21-13-10-9-12-19(21)6-2/h9-10,12-16H,5-8,11H2,1-4H3. The van der Waals surface area contributed by atoms with Crippen molar-refractivity contribution >= 4 is 19.2 Å². The first kappa shape index (κ1) is 17.0. The summed E-state index contributed by atoms with van der Waals surface area (Å²) in [5.41, 5.74) is 4.53. The SMILES string of the molecule is CCCCc1ccc([Si](CC)c2ccccc2CC)c(C)c1. The minimum Gasteiger partial charge on any atom is -0.0673 e. The van der Waals surface area contributed by atoms with E-state index in [1.165, 1.54) is 42.0 Å². The summed E-state index contributed by atoms with van der Waals surface area (Å²) >= 11 is 0. The molecule has 0 saturated carbocycles. The Hall–Kier alpha value is -1.34. The van der Waals surface area contributed by atoms with E-state index in [4.69, 9.17) is 0 Å². The second-order valence-corrected chi connectivity index (χ2v) is 8.84. The molecule has 2 aromatic rings. The van der Waals surface area contributed by atoms with Crippen LogP contribution in [0, 0.1) is 6.92 Å². The van der Waals surface area contributed by atoms with Crippen molar-refractivity contribution < 1.29 is 0 Å². The van der Waals surface area contributed by atoms with Crippen LogP contribution < -0.4 is 10.4 Å². The van der Waals surface area contributed by atoms with Crippen LogP contribution in [0.25, 0.3) is 0 Å². The predicted octanol–water partition coefficient (Wildman–Crippen LogP) is 4.53. The Kier molecular flexibility index (Phi) is 6.44. The summed E-state index contributed by atoms with van der Waals surface area (Å²) < 4.78 is 0. The van der Waals surface area contributed by atoms with Crippen LogP contribution in [-0.4, -0.2) is 8.80 Å². The molecule has 2 rings (SSSR count). The molecule has 0 bridgehead atoms. The quantitative estimate of drug-likeness (QED) is 0.659. The van der Waals surface area contributed by atoms with Crippen LogP contribution in [-0.2, 0) is 12.8 Å². The molecule has 0 N–H and O–H groups in total. The van der Waals surface area contributed by atoms with Gasteiger partial charge in [-0.25, -0.2) is 0 Å². The van der Waals surface area contributed by atoms with Crippen molar-refractivity contribution in [3.05, 3.63) is 59.2 Å². The highest BCUT2D eigenvalue weighted by atomic mass is 28.3. The minimum absolute atomic E-state index is 0.648. The van der Waals surface area contributed by atoms with Crippen molar-refractivity contribution in [2.75, 3.05) is 0 Å². The molecule has 0 aliphatic carbocycles. The molecule has 0 atom stereocenters.